The van der Waals surface area contributed by atoms with Crippen molar-refractivity contribution in [3.8, 4) is 11.1 Å². The third-order valence-corrected chi connectivity index (χ3v) is 6.20. The predicted molar refractivity (Wildman–Crippen MR) is 93.9 cm³/mol. The maximum Gasteiger partial charge on any atom is 0.214 e. The van der Waals surface area contributed by atoms with Gasteiger partial charge in [-0.1, -0.05) is 24.3 Å². The van der Waals surface area contributed by atoms with Crippen LogP contribution in [0.15, 0.2) is 42.6 Å². The van der Waals surface area contributed by atoms with Crippen molar-refractivity contribution in [2.75, 3.05) is 6.61 Å². The first-order valence-electron chi connectivity index (χ1n) is 8.21. The van der Waals surface area contributed by atoms with Gasteiger partial charge in [-0.05, 0) is 43.5 Å². The zero-order valence-corrected chi connectivity index (χ0v) is 15.0. The molecule has 134 valence electrons. The van der Waals surface area contributed by atoms with E-state index in [0.717, 1.165) is 16.7 Å². The number of aromatic nitrogens is 1. The monoisotopic (exact) mass is 364 g/mol. The third-order valence-electron chi connectivity index (χ3n) is 4.33. The smallest absolute Gasteiger partial charge is 0.214 e. The van der Waals surface area contributed by atoms with Crippen LogP contribution in [0.5, 0.6) is 0 Å². The minimum absolute atomic E-state index is 0.272. The van der Waals surface area contributed by atoms with E-state index in [1.165, 1.54) is 12.3 Å². The molecule has 0 amide bonds. The van der Waals surface area contributed by atoms with Gasteiger partial charge >= 0.3 is 0 Å². The Labute approximate surface area is 147 Å². The SMILES string of the molecule is CC(C)S(=O)(=O)NC1CCOC1c1ccc(-c2ccc(F)nc2)cc1. The van der Waals surface area contributed by atoms with Crippen molar-refractivity contribution in [2.45, 2.75) is 37.7 Å². The fourth-order valence-corrected chi connectivity index (χ4v) is 3.73. The molecule has 1 aliphatic rings. The van der Waals surface area contributed by atoms with E-state index in [1.807, 2.05) is 24.3 Å². The molecule has 1 saturated heterocycles. The number of rotatable bonds is 5. The Morgan fingerprint density at radius 2 is 1.84 bits per heavy atom. The molecule has 0 spiro atoms. The number of ether oxygens (including phenoxy) is 1. The number of pyridine rings is 1. The third kappa shape index (κ3) is 4.05. The van der Waals surface area contributed by atoms with Gasteiger partial charge in [-0.2, -0.15) is 4.39 Å². The van der Waals surface area contributed by atoms with E-state index in [1.54, 1.807) is 19.9 Å². The summed E-state index contributed by atoms with van der Waals surface area (Å²) in [6, 6.07) is 10.3. The minimum Gasteiger partial charge on any atom is -0.372 e. The van der Waals surface area contributed by atoms with Crippen molar-refractivity contribution in [3.05, 3.63) is 54.1 Å². The van der Waals surface area contributed by atoms with Crippen LogP contribution in [0.3, 0.4) is 0 Å². The summed E-state index contributed by atoms with van der Waals surface area (Å²) >= 11 is 0. The molecule has 1 aromatic carbocycles. The molecule has 2 unspecified atom stereocenters. The Bertz CT molecular complexity index is 820. The fourth-order valence-electron chi connectivity index (χ4n) is 2.80. The molecule has 1 aliphatic heterocycles. The average Bonchev–Trinajstić information content (AvgIpc) is 3.03. The van der Waals surface area contributed by atoms with Gasteiger partial charge in [0.1, 0.15) is 0 Å². The molecule has 1 aromatic heterocycles. The largest absolute Gasteiger partial charge is 0.372 e. The summed E-state index contributed by atoms with van der Waals surface area (Å²) < 4.78 is 45.7. The highest BCUT2D eigenvalue weighted by molar-refractivity contribution is 7.90. The number of nitrogens with one attached hydrogen (secondary N) is 1. The quantitative estimate of drug-likeness (QED) is 0.828. The molecule has 1 N–H and O–H groups in total. The van der Waals surface area contributed by atoms with Crippen LogP contribution in [0, 0.1) is 5.95 Å². The molecule has 2 heterocycles. The first kappa shape index (κ1) is 18.0. The van der Waals surface area contributed by atoms with Gasteiger partial charge in [0.2, 0.25) is 16.0 Å². The second kappa shape index (κ2) is 7.19. The zero-order chi connectivity index (χ0) is 18.0. The number of halogens is 1. The van der Waals surface area contributed by atoms with Crippen molar-refractivity contribution in [3.63, 3.8) is 0 Å². The van der Waals surface area contributed by atoms with Gasteiger partial charge in [0.05, 0.1) is 17.4 Å². The lowest BCUT2D eigenvalue weighted by Gasteiger charge is -2.21. The minimum atomic E-state index is -3.35. The molecule has 0 bridgehead atoms. The van der Waals surface area contributed by atoms with E-state index < -0.39 is 21.2 Å². The molecular formula is C18H21FN2O3S. The second-order valence-corrected chi connectivity index (χ2v) is 8.66. The van der Waals surface area contributed by atoms with Crippen molar-refractivity contribution in [1.82, 2.24) is 9.71 Å². The van der Waals surface area contributed by atoms with Crippen LogP contribution in [-0.4, -0.2) is 31.3 Å². The first-order chi connectivity index (χ1) is 11.9. The highest BCUT2D eigenvalue weighted by Gasteiger charge is 2.33. The van der Waals surface area contributed by atoms with Crippen molar-refractivity contribution in [1.29, 1.82) is 0 Å². The summed E-state index contributed by atoms with van der Waals surface area (Å²) in [4.78, 5) is 3.66. The average molecular weight is 364 g/mol. The summed E-state index contributed by atoms with van der Waals surface area (Å²) in [6.07, 6.45) is 1.81. The maximum absolute atomic E-state index is 12.9. The summed E-state index contributed by atoms with van der Waals surface area (Å²) in [6.45, 7) is 3.82. The second-order valence-electron chi connectivity index (χ2n) is 6.39. The van der Waals surface area contributed by atoms with Crippen LogP contribution in [0.1, 0.15) is 31.9 Å². The van der Waals surface area contributed by atoms with Crippen LogP contribution < -0.4 is 4.72 Å². The van der Waals surface area contributed by atoms with Crippen molar-refractivity contribution < 1.29 is 17.5 Å². The van der Waals surface area contributed by atoms with Gasteiger partial charge < -0.3 is 4.74 Å². The standard InChI is InChI=1S/C18H21FN2O3S/c1-12(2)25(22,23)21-16-9-10-24-18(16)14-5-3-13(4-6-14)15-7-8-17(19)20-11-15/h3-8,11-12,16,18,21H,9-10H2,1-2H3. The lowest BCUT2D eigenvalue weighted by Crippen LogP contribution is -2.40. The topological polar surface area (TPSA) is 68.3 Å². The molecule has 5 nitrogen and oxygen atoms in total. The lowest BCUT2D eigenvalue weighted by molar-refractivity contribution is 0.102. The lowest BCUT2D eigenvalue weighted by atomic mass is 9.99. The molecule has 3 rings (SSSR count). The zero-order valence-electron chi connectivity index (χ0n) is 14.1. The molecule has 7 heteroatoms. The summed E-state index contributed by atoms with van der Waals surface area (Å²) in [7, 11) is -3.35. The Hall–Kier alpha value is -1.83. The Balaban J connectivity index is 1.78. The van der Waals surface area contributed by atoms with Crippen LogP contribution in [0.25, 0.3) is 11.1 Å². The molecule has 0 radical (unpaired) electrons. The van der Waals surface area contributed by atoms with Crippen LogP contribution >= 0.6 is 0 Å². The highest BCUT2D eigenvalue weighted by Crippen LogP contribution is 2.31. The highest BCUT2D eigenvalue weighted by atomic mass is 32.2. The molecule has 2 atom stereocenters. The van der Waals surface area contributed by atoms with Gasteiger partial charge in [-0.15, -0.1) is 0 Å². The normalized spacial score (nSPS) is 21.0. The van der Waals surface area contributed by atoms with Crippen LogP contribution in [-0.2, 0) is 14.8 Å². The van der Waals surface area contributed by atoms with Crippen LogP contribution in [0.4, 0.5) is 4.39 Å². The fraction of sp³-hybridized carbons (Fsp3) is 0.389. The van der Waals surface area contributed by atoms with Gasteiger partial charge in [0, 0.05) is 18.4 Å². The Morgan fingerprint density at radius 1 is 1.16 bits per heavy atom. The van der Waals surface area contributed by atoms with Crippen molar-refractivity contribution in [2.24, 2.45) is 0 Å². The van der Waals surface area contributed by atoms with Gasteiger partial charge in [0.15, 0.2) is 0 Å². The van der Waals surface area contributed by atoms with Crippen LogP contribution in [0.2, 0.25) is 0 Å². The van der Waals surface area contributed by atoms with Gasteiger partial charge in [-0.25, -0.2) is 18.1 Å². The summed E-state index contributed by atoms with van der Waals surface area (Å²) in [5, 5.41) is -0.484. The number of hydrogen-bond acceptors (Lipinski definition) is 4. The predicted octanol–water partition coefficient (Wildman–Crippen LogP) is 3.05. The molecule has 2 aromatic rings. The number of benzene rings is 1. The number of nitrogens with zero attached hydrogens (tertiary/aromatic N) is 1. The van der Waals surface area contributed by atoms with E-state index in [9.17, 15) is 12.8 Å². The molecule has 25 heavy (non-hydrogen) atoms. The maximum atomic E-state index is 12.9. The molecule has 0 saturated carbocycles. The van der Waals surface area contributed by atoms with Gasteiger partial charge in [-0.3, -0.25) is 0 Å². The molecule has 1 fully saturated rings. The van der Waals surface area contributed by atoms with E-state index in [-0.39, 0.29) is 12.1 Å². The first-order valence-corrected chi connectivity index (χ1v) is 9.76. The molecule has 0 aliphatic carbocycles. The molecular weight excluding hydrogens is 343 g/mol. The van der Waals surface area contributed by atoms with E-state index >= 15 is 0 Å². The summed E-state index contributed by atoms with van der Waals surface area (Å²) in [5.41, 5.74) is 2.64. The van der Waals surface area contributed by atoms with Gasteiger partial charge in [0.25, 0.3) is 0 Å². The Kier molecular flexibility index (Phi) is 5.17. The van der Waals surface area contributed by atoms with E-state index in [2.05, 4.69) is 9.71 Å². The number of sulfonamides is 1. The number of hydrogen-bond donors (Lipinski definition) is 1. The van der Waals surface area contributed by atoms with E-state index in [0.29, 0.717) is 13.0 Å². The van der Waals surface area contributed by atoms with E-state index in [4.69, 9.17) is 4.74 Å². The van der Waals surface area contributed by atoms with Crippen molar-refractivity contribution >= 4 is 10.0 Å². The summed E-state index contributed by atoms with van der Waals surface area (Å²) in [5.74, 6) is -0.514. The Morgan fingerprint density at radius 3 is 2.44 bits per heavy atom.